The highest BCUT2D eigenvalue weighted by atomic mass is 16.1. The number of pyridine rings is 2. The van der Waals surface area contributed by atoms with Gasteiger partial charge in [0.2, 0.25) is 5.91 Å². The molecule has 0 aliphatic heterocycles. The first-order chi connectivity index (χ1) is 17.1. The number of benzene rings is 1. The Balaban J connectivity index is 1.69. The predicted molar refractivity (Wildman–Crippen MR) is 138 cm³/mol. The van der Waals surface area contributed by atoms with Crippen molar-refractivity contribution in [3.63, 3.8) is 0 Å². The van der Waals surface area contributed by atoms with Gasteiger partial charge in [-0.05, 0) is 66.6 Å². The molecule has 1 aliphatic carbocycles. The Bertz CT molecular complexity index is 1480. The summed E-state index contributed by atoms with van der Waals surface area (Å²) >= 11 is 0. The van der Waals surface area contributed by atoms with Crippen LogP contribution >= 0.6 is 0 Å². The third kappa shape index (κ3) is 4.10. The van der Waals surface area contributed by atoms with E-state index in [0.29, 0.717) is 11.3 Å². The maximum Gasteiger partial charge on any atom is 0.248 e. The van der Waals surface area contributed by atoms with Crippen molar-refractivity contribution in [2.24, 2.45) is 0 Å². The van der Waals surface area contributed by atoms with Gasteiger partial charge in [0.1, 0.15) is 11.7 Å². The van der Waals surface area contributed by atoms with Crippen molar-refractivity contribution in [3.05, 3.63) is 94.6 Å². The highest BCUT2D eigenvalue weighted by Gasteiger charge is 2.30. The third-order valence-electron chi connectivity index (χ3n) is 6.74. The number of hydrogen-bond donors (Lipinski definition) is 1. The summed E-state index contributed by atoms with van der Waals surface area (Å²) in [6.45, 7) is 4.20. The lowest BCUT2D eigenvalue weighted by Gasteiger charge is -2.18. The summed E-state index contributed by atoms with van der Waals surface area (Å²) in [4.78, 5) is 21.7. The molecule has 1 atom stereocenters. The maximum atomic E-state index is 12.7. The molecular weight excluding hydrogens is 434 g/mol. The van der Waals surface area contributed by atoms with Gasteiger partial charge < -0.3 is 9.88 Å². The molecule has 4 aromatic rings. The number of fused-ring (bicyclic) bond motifs is 2. The van der Waals surface area contributed by atoms with E-state index < -0.39 is 0 Å². The Morgan fingerprint density at radius 2 is 2.00 bits per heavy atom. The number of carbonyl (C=O) groups is 1. The number of aromatic nitrogens is 3. The zero-order chi connectivity index (χ0) is 24.4. The van der Waals surface area contributed by atoms with Crippen molar-refractivity contribution in [1.82, 2.24) is 14.5 Å². The number of hydrogen-bond acceptors (Lipinski definition) is 4. The second-order valence-electron chi connectivity index (χ2n) is 8.73. The van der Waals surface area contributed by atoms with Crippen molar-refractivity contribution in [1.29, 1.82) is 5.26 Å². The van der Waals surface area contributed by atoms with Crippen LogP contribution in [0.2, 0.25) is 0 Å². The summed E-state index contributed by atoms with van der Waals surface area (Å²) in [6.07, 6.45) is 10.0. The van der Waals surface area contributed by atoms with Crippen molar-refractivity contribution in [2.45, 2.75) is 45.6 Å². The summed E-state index contributed by atoms with van der Waals surface area (Å²) in [7, 11) is 0. The number of nitrogens with zero attached hydrogens (tertiary/aromatic N) is 4. The Kier molecular flexibility index (Phi) is 6.15. The molecule has 0 saturated heterocycles. The topological polar surface area (TPSA) is 83.6 Å². The van der Waals surface area contributed by atoms with Crippen LogP contribution in [0, 0.1) is 11.3 Å². The molecule has 174 valence electrons. The monoisotopic (exact) mass is 461 g/mol. The van der Waals surface area contributed by atoms with Crippen LogP contribution in [0.4, 0.5) is 5.69 Å². The summed E-state index contributed by atoms with van der Waals surface area (Å²) in [6, 6.07) is 16.6. The quantitative estimate of drug-likeness (QED) is 0.378. The molecule has 1 amide bonds. The lowest BCUT2D eigenvalue weighted by atomic mass is 10.0. The van der Waals surface area contributed by atoms with Gasteiger partial charge in [0, 0.05) is 35.2 Å². The molecular formula is C29H27N5O. The zero-order valence-electron chi connectivity index (χ0n) is 20.0. The highest BCUT2D eigenvalue weighted by Crippen LogP contribution is 2.40. The Hall–Kier alpha value is -4.24. The van der Waals surface area contributed by atoms with Gasteiger partial charge in [0.25, 0.3) is 0 Å². The largest absolute Gasteiger partial charge is 0.322 e. The van der Waals surface area contributed by atoms with Crippen LogP contribution in [0.3, 0.4) is 0 Å². The number of carbonyl (C=O) groups excluding carboxylic acids is 1. The smallest absolute Gasteiger partial charge is 0.248 e. The van der Waals surface area contributed by atoms with Gasteiger partial charge in [-0.25, -0.2) is 4.98 Å². The fraction of sp³-hybridized carbons (Fsp3) is 0.241. The van der Waals surface area contributed by atoms with Gasteiger partial charge in [-0.1, -0.05) is 38.1 Å². The molecule has 3 aromatic heterocycles. The van der Waals surface area contributed by atoms with Crippen LogP contribution in [0.15, 0.2) is 60.9 Å². The first-order valence-electron chi connectivity index (χ1n) is 12.1. The fourth-order valence-electron chi connectivity index (χ4n) is 5.08. The minimum Gasteiger partial charge on any atom is -0.322 e. The molecule has 35 heavy (non-hydrogen) atoms. The van der Waals surface area contributed by atoms with Crippen LogP contribution in [-0.4, -0.2) is 20.4 Å². The minimum atomic E-state index is -0.262. The van der Waals surface area contributed by atoms with Gasteiger partial charge in [-0.3, -0.25) is 9.78 Å². The van der Waals surface area contributed by atoms with Crippen LogP contribution in [-0.2, 0) is 24.1 Å². The average molecular weight is 462 g/mol. The Labute approximate surface area is 205 Å². The zero-order valence-corrected chi connectivity index (χ0v) is 20.0. The summed E-state index contributed by atoms with van der Waals surface area (Å²) in [5.41, 5.74) is 7.50. The standard InChI is InChI=1S/C29H27N5O/c1-3-19-17-21(4-2)33-29-28(19)24(18-30)26(11-12-27(35)32-22-13-15-31-16-14-22)34(29)25-10-9-20-7-5-6-8-23(20)25/h5-8,11-17,25H,3-4,9-10H2,1-2H3,(H,31,32,35). The molecule has 1 aliphatic rings. The SMILES string of the molecule is CCc1cc(CC)c2c(C#N)c(C=CC(=O)Nc3ccncc3)n(C3CCc4ccccc43)c2n1. The number of anilines is 1. The molecule has 0 fully saturated rings. The van der Waals surface area contributed by atoms with Gasteiger partial charge in [0.15, 0.2) is 0 Å². The van der Waals surface area contributed by atoms with E-state index in [0.717, 1.165) is 53.7 Å². The fourth-order valence-corrected chi connectivity index (χ4v) is 5.08. The van der Waals surface area contributed by atoms with Crippen molar-refractivity contribution >= 4 is 28.7 Å². The second-order valence-corrected chi connectivity index (χ2v) is 8.73. The number of rotatable bonds is 6. The molecule has 6 heteroatoms. The van der Waals surface area contributed by atoms with Crippen molar-refractivity contribution in [2.75, 3.05) is 5.32 Å². The van der Waals surface area contributed by atoms with E-state index in [1.54, 1.807) is 30.6 Å². The van der Waals surface area contributed by atoms with Crippen LogP contribution in [0.1, 0.15) is 60.0 Å². The van der Waals surface area contributed by atoms with E-state index in [9.17, 15) is 10.1 Å². The number of nitriles is 1. The molecule has 3 heterocycles. The molecule has 0 spiro atoms. The number of nitrogens with one attached hydrogen (secondary N) is 1. The number of amides is 1. The van der Waals surface area contributed by atoms with Gasteiger partial charge in [0.05, 0.1) is 17.3 Å². The lowest BCUT2D eigenvalue weighted by molar-refractivity contribution is -0.111. The van der Waals surface area contributed by atoms with E-state index in [1.807, 2.05) is 0 Å². The van der Waals surface area contributed by atoms with Crippen molar-refractivity contribution in [3.8, 4) is 6.07 Å². The van der Waals surface area contributed by atoms with E-state index in [-0.39, 0.29) is 11.9 Å². The summed E-state index contributed by atoms with van der Waals surface area (Å²) in [5, 5.41) is 14.0. The first-order valence-corrected chi connectivity index (χ1v) is 12.1. The molecule has 1 N–H and O–H groups in total. The Morgan fingerprint density at radius 3 is 2.74 bits per heavy atom. The summed E-state index contributed by atoms with van der Waals surface area (Å²) in [5.74, 6) is -0.262. The molecule has 1 aromatic carbocycles. The molecule has 5 rings (SSSR count). The molecule has 0 bridgehead atoms. The second kappa shape index (κ2) is 9.55. The van der Waals surface area contributed by atoms with Gasteiger partial charge >= 0.3 is 0 Å². The van der Waals surface area contributed by atoms with Crippen LogP contribution < -0.4 is 5.32 Å². The third-order valence-corrected chi connectivity index (χ3v) is 6.74. The predicted octanol–water partition coefficient (Wildman–Crippen LogP) is 5.62. The van der Waals surface area contributed by atoms with E-state index >= 15 is 0 Å². The molecule has 0 radical (unpaired) electrons. The molecule has 6 nitrogen and oxygen atoms in total. The highest BCUT2D eigenvalue weighted by molar-refractivity contribution is 6.03. The molecule has 1 unspecified atom stereocenters. The normalized spacial score (nSPS) is 14.8. The van der Waals surface area contributed by atoms with E-state index in [2.05, 4.69) is 65.1 Å². The maximum absolute atomic E-state index is 12.7. The number of aryl methyl sites for hydroxylation is 3. The average Bonchev–Trinajstić information content (AvgIpc) is 3.45. The van der Waals surface area contributed by atoms with Gasteiger partial charge in [-0.15, -0.1) is 0 Å². The summed E-state index contributed by atoms with van der Waals surface area (Å²) < 4.78 is 2.19. The van der Waals surface area contributed by atoms with E-state index in [1.165, 1.54) is 17.2 Å². The van der Waals surface area contributed by atoms with Crippen LogP contribution in [0.25, 0.3) is 17.1 Å². The van der Waals surface area contributed by atoms with Gasteiger partial charge in [-0.2, -0.15) is 5.26 Å². The van der Waals surface area contributed by atoms with Crippen LogP contribution in [0.5, 0.6) is 0 Å². The van der Waals surface area contributed by atoms with E-state index in [4.69, 9.17) is 4.98 Å². The Morgan fingerprint density at radius 1 is 1.20 bits per heavy atom. The van der Waals surface area contributed by atoms with Crippen molar-refractivity contribution < 1.29 is 4.79 Å². The molecule has 0 saturated carbocycles. The lowest BCUT2D eigenvalue weighted by Crippen LogP contribution is -2.12. The minimum absolute atomic E-state index is 0.0584. The first kappa shape index (κ1) is 22.5.